The van der Waals surface area contributed by atoms with Crippen molar-refractivity contribution in [1.82, 2.24) is 20.7 Å². The number of piperidine rings is 1. The molecule has 1 fully saturated rings. The first kappa shape index (κ1) is 25.6. The van der Waals surface area contributed by atoms with Gasteiger partial charge in [-0.1, -0.05) is 23.7 Å². The first-order valence-electron chi connectivity index (χ1n) is 12.1. The molecular formula is C26H31F2N5O3. The fourth-order valence-electron chi connectivity index (χ4n) is 4.73. The van der Waals surface area contributed by atoms with E-state index in [2.05, 4.69) is 34.5 Å². The number of nitrogens with zero attached hydrogens (tertiary/aromatic N) is 2. The van der Waals surface area contributed by atoms with Gasteiger partial charge in [-0.3, -0.25) is 14.5 Å². The Hall–Kier alpha value is -3.53. The van der Waals surface area contributed by atoms with Crippen molar-refractivity contribution in [3.63, 3.8) is 0 Å². The molecule has 4 N–H and O–H groups in total. The largest absolute Gasteiger partial charge is 0.380 e. The third-order valence-corrected chi connectivity index (χ3v) is 6.81. The Labute approximate surface area is 208 Å². The zero-order chi connectivity index (χ0) is 25.8. The van der Waals surface area contributed by atoms with Crippen molar-refractivity contribution in [2.75, 3.05) is 12.3 Å². The smallest absolute Gasteiger partial charge is 0.243 e. The van der Waals surface area contributed by atoms with Gasteiger partial charge < -0.3 is 20.9 Å². The van der Waals surface area contributed by atoms with Crippen molar-refractivity contribution >= 4 is 28.6 Å². The van der Waals surface area contributed by atoms with Crippen molar-refractivity contribution in [2.45, 2.75) is 64.2 Å². The summed E-state index contributed by atoms with van der Waals surface area (Å²) in [7, 11) is 0. The molecule has 8 nitrogen and oxygen atoms in total. The van der Waals surface area contributed by atoms with Gasteiger partial charge in [0.05, 0.1) is 11.9 Å². The maximum Gasteiger partial charge on any atom is 0.243 e. The minimum Gasteiger partial charge on any atom is -0.380 e. The Bertz CT molecular complexity index is 1240. The molecule has 1 aliphatic rings. The number of rotatable bonds is 8. The highest BCUT2D eigenvalue weighted by Crippen LogP contribution is 2.22. The molecule has 1 aromatic heterocycles. The third-order valence-electron chi connectivity index (χ3n) is 6.81. The Balaban J connectivity index is 1.46. The fraction of sp³-hybridized carbons (Fsp3) is 0.423. The number of carbonyl (C=O) groups excluding carboxylic acids is 2. The van der Waals surface area contributed by atoms with E-state index in [9.17, 15) is 18.4 Å². The van der Waals surface area contributed by atoms with E-state index in [0.717, 1.165) is 37.0 Å². The summed E-state index contributed by atoms with van der Waals surface area (Å²) in [5.74, 6) is -2.43. The van der Waals surface area contributed by atoms with E-state index in [1.54, 1.807) is 18.2 Å². The van der Waals surface area contributed by atoms with Gasteiger partial charge in [0.1, 0.15) is 6.04 Å². The SMILES string of the molecule is C[C@@H]1CCC[C@H](C)N1CC(=O)NC(Cc1ccc(F)c(F)c1)C(=O)NCc1ccc2c(N)noc2c1. The van der Waals surface area contributed by atoms with E-state index in [4.69, 9.17) is 10.3 Å². The summed E-state index contributed by atoms with van der Waals surface area (Å²) in [5.41, 5.74) is 7.39. The number of likely N-dealkylation sites (tertiary alicyclic amines) is 1. The van der Waals surface area contributed by atoms with Crippen molar-refractivity contribution in [3.05, 3.63) is 59.2 Å². The number of amides is 2. The van der Waals surface area contributed by atoms with Gasteiger partial charge in [0.2, 0.25) is 11.8 Å². The summed E-state index contributed by atoms with van der Waals surface area (Å²) < 4.78 is 32.4. The van der Waals surface area contributed by atoms with Crippen LogP contribution < -0.4 is 16.4 Å². The number of nitrogens with two attached hydrogens (primary N) is 1. The lowest BCUT2D eigenvalue weighted by atomic mass is 9.97. The fourth-order valence-corrected chi connectivity index (χ4v) is 4.73. The predicted octanol–water partition coefficient (Wildman–Crippen LogP) is 3.29. The zero-order valence-corrected chi connectivity index (χ0v) is 20.4. The predicted molar refractivity (Wildman–Crippen MR) is 132 cm³/mol. The molecule has 1 unspecified atom stereocenters. The molecule has 4 rings (SSSR count). The summed E-state index contributed by atoms with van der Waals surface area (Å²) in [5, 5.41) is 10.0. The van der Waals surface area contributed by atoms with Gasteiger partial charge in [-0.25, -0.2) is 8.78 Å². The Morgan fingerprint density at radius 3 is 2.56 bits per heavy atom. The van der Waals surface area contributed by atoms with Gasteiger partial charge in [0, 0.05) is 25.0 Å². The van der Waals surface area contributed by atoms with E-state index in [1.807, 2.05) is 0 Å². The number of fused-ring (bicyclic) bond motifs is 1. The number of halogens is 2. The molecule has 0 radical (unpaired) electrons. The van der Waals surface area contributed by atoms with Crippen LogP contribution in [-0.2, 0) is 22.6 Å². The quantitative estimate of drug-likeness (QED) is 0.438. The van der Waals surface area contributed by atoms with Crippen LogP contribution >= 0.6 is 0 Å². The topological polar surface area (TPSA) is 113 Å². The molecule has 3 aromatic rings. The highest BCUT2D eigenvalue weighted by atomic mass is 19.2. The molecule has 0 spiro atoms. The highest BCUT2D eigenvalue weighted by Gasteiger charge is 2.28. The molecule has 2 amide bonds. The maximum atomic E-state index is 13.8. The lowest BCUT2D eigenvalue weighted by molar-refractivity contribution is -0.130. The zero-order valence-electron chi connectivity index (χ0n) is 20.4. The van der Waals surface area contributed by atoms with E-state index in [0.29, 0.717) is 16.5 Å². The van der Waals surface area contributed by atoms with Crippen molar-refractivity contribution < 1.29 is 22.9 Å². The van der Waals surface area contributed by atoms with Crippen LogP contribution in [0, 0.1) is 11.6 Å². The third kappa shape index (κ3) is 5.99. The van der Waals surface area contributed by atoms with Crippen LogP contribution in [0.2, 0.25) is 0 Å². The minimum atomic E-state index is -1.01. The second kappa shape index (κ2) is 11.0. The first-order valence-corrected chi connectivity index (χ1v) is 12.1. The van der Waals surface area contributed by atoms with E-state index >= 15 is 0 Å². The average molecular weight is 500 g/mol. The number of benzene rings is 2. The maximum absolute atomic E-state index is 13.8. The van der Waals surface area contributed by atoms with Crippen molar-refractivity contribution in [1.29, 1.82) is 0 Å². The molecule has 0 aliphatic carbocycles. The summed E-state index contributed by atoms with van der Waals surface area (Å²) >= 11 is 0. The second-order valence-corrected chi connectivity index (χ2v) is 9.49. The highest BCUT2D eigenvalue weighted by molar-refractivity contribution is 5.89. The Morgan fingerprint density at radius 2 is 1.83 bits per heavy atom. The van der Waals surface area contributed by atoms with Crippen LogP contribution in [0.1, 0.15) is 44.2 Å². The van der Waals surface area contributed by atoms with Crippen LogP contribution in [0.25, 0.3) is 11.0 Å². The molecule has 1 saturated heterocycles. The standard InChI is InChI=1S/C26H31F2N5O3/c1-15-4-3-5-16(2)33(15)14-24(34)31-22(11-17-7-9-20(27)21(28)10-17)26(35)30-13-18-6-8-19-23(12-18)36-32-25(19)29/h6-10,12,15-16,22H,3-5,11,13-14H2,1-2H3,(H2,29,32)(H,30,35)(H,31,34)/t15-,16+,22?. The van der Waals surface area contributed by atoms with E-state index in [1.165, 1.54) is 6.07 Å². The molecular weight excluding hydrogens is 468 g/mol. The molecule has 0 bridgehead atoms. The van der Waals surface area contributed by atoms with Crippen molar-refractivity contribution in [2.24, 2.45) is 0 Å². The number of hydrogen-bond donors (Lipinski definition) is 3. The van der Waals surface area contributed by atoms with Gasteiger partial charge in [0.15, 0.2) is 23.0 Å². The summed E-state index contributed by atoms with van der Waals surface area (Å²) in [6.45, 7) is 4.51. The number of hydrogen-bond acceptors (Lipinski definition) is 6. The average Bonchev–Trinajstić information content (AvgIpc) is 3.22. The molecule has 3 atom stereocenters. The molecule has 10 heteroatoms. The number of aromatic nitrogens is 1. The van der Waals surface area contributed by atoms with Crippen LogP contribution in [0.3, 0.4) is 0 Å². The van der Waals surface area contributed by atoms with Crippen LogP contribution in [0.5, 0.6) is 0 Å². The van der Waals surface area contributed by atoms with Gasteiger partial charge in [-0.05, 0) is 62.1 Å². The molecule has 2 aromatic carbocycles. The summed E-state index contributed by atoms with van der Waals surface area (Å²) in [6.07, 6.45) is 3.15. The van der Waals surface area contributed by atoms with Gasteiger partial charge >= 0.3 is 0 Å². The van der Waals surface area contributed by atoms with Crippen LogP contribution in [0.15, 0.2) is 40.9 Å². The number of nitrogens with one attached hydrogen (secondary N) is 2. The van der Waals surface area contributed by atoms with Gasteiger partial charge in [-0.2, -0.15) is 0 Å². The van der Waals surface area contributed by atoms with E-state index in [-0.39, 0.29) is 43.3 Å². The normalized spacial score (nSPS) is 19.2. The molecule has 192 valence electrons. The Kier molecular flexibility index (Phi) is 7.83. The molecule has 36 heavy (non-hydrogen) atoms. The monoisotopic (exact) mass is 499 g/mol. The lowest BCUT2D eigenvalue weighted by Crippen LogP contribution is -2.53. The Morgan fingerprint density at radius 1 is 1.11 bits per heavy atom. The number of nitrogen functional groups attached to an aromatic ring is 1. The van der Waals surface area contributed by atoms with Gasteiger partial charge in [0.25, 0.3) is 0 Å². The van der Waals surface area contributed by atoms with Crippen LogP contribution in [-0.4, -0.2) is 46.5 Å². The van der Waals surface area contributed by atoms with E-state index < -0.39 is 23.6 Å². The molecule has 2 heterocycles. The van der Waals surface area contributed by atoms with Crippen LogP contribution in [0.4, 0.5) is 14.6 Å². The summed E-state index contributed by atoms with van der Waals surface area (Å²) in [6, 6.07) is 8.28. The van der Waals surface area contributed by atoms with Gasteiger partial charge in [-0.15, -0.1) is 0 Å². The molecule has 1 aliphatic heterocycles. The number of carbonyl (C=O) groups is 2. The summed E-state index contributed by atoms with van der Waals surface area (Å²) in [4.78, 5) is 28.2. The second-order valence-electron chi connectivity index (χ2n) is 9.49. The lowest BCUT2D eigenvalue weighted by Gasteiger charge is -2.38. The first-order chi connectivity index (χ1) is 17.2. The number of anilines is 1. The van der Waals surface area contributed by atoms with Crippen molar-refractivity contribution in [3.8, 4) is 0 Å². The molecule has 0 saturated carbocycles. The minimum absolute atomic E-state index is 0.0115.